The maximum Gasteiger partial charge on any atom is 0.275 e. The normalized spacial score (nSPS) is 29.6. The topological polar surface area (TPSA) is 134 Å². The molecule has 3 rings (SSSR count). The Hall–Kier alpha value is -1.45. The second-order valence-corrected chi connectivity index (χ2v) is 4.61. The molecule has 1 saturated heterocycles. The number of H-pyrrole nitrogens is 2. The van der Waals surface area contributed by atoms with Crippen molar-refractivity contribution < 1.29 is 15.3 Å². The lowest BCUT2D eigenvalue weighted by atomic mass is 10.0. The summed E-state index contributed by atoms with van der Waals surface area (Å²) in [7, 11) is 0. The highest BCUT2D eigenvalue weighted by molar-refractivity contribution is 5.85. The summed E-state index contributed by atoms with van der Waals surface area (Å²) in [6.07, 6.45) is 0.711. The summed E-state index contributed by atoms with van der Waals surface area (Å²) in [5.41, 5.74) is 1.03. The molecule has 8 nitrogen and oxygen atoms in total. The van der Waals surface area contributed by atoms with Gasteiger partial charge >= 0.3 is 0 Å². The highest BCUT2D eigenvalue weighted by Gasteiger charge is 2.42. The van der Waals surface area contributed by atoms with Crippen molar-refractivity contribution in [3.63, 3.8) is 0 Å². The van der Waals surface area contributed by atoms with Crippen LogP contribution in [0.4, 0.5) is 0 Å². The minimum atomic E-state index is -1.07. The Morgan fingerprint density at radius 1 is 1.25 bits per heavy atom. The Balaban J connectivity index is 0.00000147. The van der Waals surface area contributed by atoms with Crippen molar-refractivity contribution in [2.75, 3.05) is 6.61 Å². The average molecular weight is 303 g/mol. The van der Waals surface area contributed by atoms with Crippen LogP contribution in [0.2, 0.25) is 0 Å². The van der Waals surface area contributed by atoms with Crippen molar-refractivity contribution in [1.82, 2.24) is 20.3 Å². The Morgan fingerprint density at radius 3 is 2.65 bits per heavy atom. The molecule has 1 aliphatic heterocycles. The molecule has 0 radical (unpaired) electrons. The molecule has 6 N–H and O–H groups in total. The first-order valence-corrected chi connectivity index (χ1v) is 5.91. The smallest absolute Gasteiger partial charge is 0.275 e. The Kier molecular flexibility index (Phi) is 4.11. The summed E-state index contributed by atoms with van der Waals surface area (Å²) in [5, 5.41) is 31.8. The van der Waals surface area contributed by atoms with Crippen molar-refractivity contribution in [2.45, 2.75) is 24.3 Å². The fraction of sp³-hybridized carbons (Fsp3) is 0.455. The molecule has 0 spiro atoms. The van der Waals surface area contributed by atoms with Crippen LogP contribution in [0.25, 0.3) is 11.0 Å². The molecular weight excluding hydrogens is 288 g/mol. The summed E-state index contributed by atoms with van der Waals surface area (Å²) >= 11 is 0. The maximum atomic E-state index is 11.6. The number of aromatic amines is 2. The van der Waals surface area contributed by atoms with Gasteiger partial charge in [0.2, 0.25) is 0 Å². The minimum absolute atomic E-state index is 0. The number of fused-ring (bicyclic) bond motifs is 1. The second-order valence-electron chi connectivity index (χ2n) is 4.61. The van der Waals surface area contributed by atoms with Gasteiger partial charge in [0.15, 0.2) is 0 Å². The Morgan fingerprint density at radius 2 is 2.00 bits per heavy atom. The number of hydrogen-bond acceptors (Lipinski definition) is 6. The summed E-state index contributed by atoms with van der Waals surface area (Å²) in [5.74, 6) is 0. The van der Waals surface area contributed by atoms with Gasteiger partial charge in [0.1, 0.15) is 17.1 Å². The molecule has 2 aromatic rings. The molecule has 0 bridgehead atoms. The van der Waals surface area contributed by atoms with Crippen LogP contribution >= 0.6 is 12.4 Å². The highest BCUT2D eigenvalue weighted by Crippen LogP contribution is 2.30. The van der Waals surface area contributed by atoms with Gasteiger partial charge in [-0.1, -0.05) is 0 Å². The van der Waals surface area contributed by atoms with Crippen molar-refractivity contribution in [3.05, 3.63) is 28.4 Å². The van der Waals surface area contributed by atoms with Crippen molar-refractivity contribution in [2.24, 2.45) is 0 Å². The molecule has 1 aliphatic rings. The molecule has 9 heteroatoms. The molecule has 2 aromatic heterocycles. The van der Waals surface area contributed by atoms with Gasteiger partial charge < -0.3 is 30.6 Å². The van der Waals surface area contributed by atoms with Crippen LogP contribution in [-0.2, 0) is 0 Å². The van der Waals surface area contributed by atoms with E-state index < -0.39 is 24.3 Å². The summed E-state index contributed by atoms with van der Waals surface area (Å²) in [4.78, 5) is 20.9. The highest BCUT2D eigenvalue weighted by atomic mass is 35.5. The van der Waals surface area contributed by atoms with Crippen molar-refractivity contribution in [1.29, 1.82) is 0 Å². The average Bonchev–Trinajstić information content (AvgIpc) is 2.94. The van der Waals surface area contributed by atoms with Crippen LogP contribution in [0, 0.1) is 0 Å². The monoisotopic (exact) mass is 302 g/mol. The molecule has 0 saturated carbocycles. The Labute approximate surface area is 119 Å². The van der Waals surface area contributed by atoms with Crippen LogP contribution in [0.5, 0.6) is 0 Å². The fourth-order valence-electron chi connectivity index (χ4n) is 2.51. The summed E-state index contributed by atoms with van der Waals surface area (Å²) < 4.78 is 0. The van der Waals surface area contributed by atoms with E-state index in [4.69, 9.17) is 5.11 Å². The number of aliphatic hydroxyl groups is 3. The zero-order valence-electron chi connectivity index (χ0n) is 10.3. The second kappa shape index (κ2) is 5.51. The molecule has 0 aromatic carbocycles. The first kappa shape index (κ1) is 14.9. The Bertz CT molecular complexity index is 657. The van der Waals surface area contributed by atoms with Crippen LogP contribution in [0.1, 0.15) is 11.6 Å². The van der Waals surface area contributed by atoms with Gasteiger partial charge in [-0.05, 0) is 0 Å². The van der Waals surface area contributed by atoms with E-state index in [0.29, 0.717) is 16.6 Å². The van der Waals surface area contributed by atoms with E-state index in [-0.39, 0.29) is 24.6 Å². The van der Waals surface area contributed by atoms with Crippen LogP contribution in [-0.4, -0.2) is 55.1 Å². The summed E-state index contributed by atoms with van der Waals surface area (Å²) in [6.45, 7) is -0.287. The van der Waals surface area contributed by atoms with Gasteiger partial charge in [0, 0.05) is 11.8 Å². The van der Waals surface area contributed by atoms with Crippen LogP contribution in [0.3, 0.4) is 0 Å². The molecule has 0 amide bonds. The third-order valence-electron chi connectivity index (χ3n) is 3.53. The van der Waals surface area contributed by atoms with Gasteiger partial charge in [0.25, 0.3) is 5.56 Å². The zero-order chi connectivity index (χ0) is 13.6. The van der Waals surface area contributed by atoms with Crippen molar-refractivity contribution >= 4 is 23.4 Å². The number of halogens is 1. The third-order valence-corrected chi connectivity index (χ3v) is 3.53. The third kappa shape index (κ3) is 2.11. The molecule has 20 heavy (non-hydrogen) atoms. The fourth-order valence-corrected chi connectivity index (χ4v) is 2.51. The number of rotatable bonds is 2. The van der Waals surface area contributed by atoms with Gasteiger partial charge in [0.05, 0.1) is 31.1 Å². The molecule has 110 valence electrons. The lowest BCUT2D eigenvalue weighted by molar-refractivity contribution is 0.0196. The van der Waals surface area contributed by atoms with E-state index in [9.17, 15) is 15.0 Å². The number of nitrogens with zero attached hydrogens (tertiary/aromatic N) is 1. The molecular formula is C11H15ClN4O4. The number of hydrogen-bond donors (Lipinski definition) is 6. The van der Waals surface area contributed by atoms with Gasteiger partial charge in [-0.3, -0.25) is 4.79 Å². The van der Waals surface area contributed by atoms with Crippen LogP contribution in [0.15, 0.2) is 17.3 Å². The standard InChI is InChI=1S/C11H14N4O4.ClH/c16-2-5-9(17)10(18)7(15-5)4-1-12-8-6(4)13-3-14-11(8)19;/h1,3,5,7,9-10,12,15-18H,2H2,(H,13,14,19);1H/t5-,7+,9-,10+;/m0./s1. The molecule has 0 aliphatic carbocycles. The van der Waals surface area contributed by atoms with Gasteiger partial charge in [-0.2, -0.15) is 0 Å². The van der Waals surface area contributed by atoms with Crippen LogP contribution < -0.4 is 10.9 Å². The molecule has 3 heterocycles. The van der Waals surface area contributed by atoms with Gasteiger partial charge in [-0.25, -0.2) is 4.98 Å². The van der Waals surface area contributed by atoms with E-state index >= 15 is 0 Å². The first-order chi connectivity index (χ1) is 9.13. The lowest BCUT2D eigenvalue weighted by Gasteiger charge is -2.14. The van der Waals surface area contributed by atoms with E-state index in [2.05, 4.69) is 20.3 Å². The van der Waals surface area contributed by atoms with E-state index in [0.717, 1.165) is 0 Å². The quantitative estimate of drug-likeness (QED) is 0.396. The number of aromatic nitrogens is 3. The van der Waals surface area contributed by atoms with E-state index in [1.165, 1.54) is 6.33 Å². The maximum absolute atomic E-state index is 11.6. The van der Waals surface area contributed by atoms with Gasteiger partial charge in [-0.15, -0.1) is 12.4 Å². The molecule has 0 unspecified atom stereocenters. The molecule has 4 atom stereocenters. The van der Waals surface area contributed by atoms with E-state index in [1.807, 2.05) is 0 Å². The summed E-state index contributed by atoms with van der Waals surface area (Å²) in [6, 6.07) is -1.19. The predicted molar refractivity (Wildman–Crippen MR) is 72.7 cm³/mol. The van der Waals surface area contributed by atoms with Crippen molar-refractivity contribution in [3.8, 4) is 0 Å². The minimum Gasteiger partial charge on any atom is -0.395 e. The predicted octanol–water partition coefficient (Wildman–Crippen LogP) is -1.60. The number of aliphatic hydroxyl groups excluding tert-OH is 3. The SMILES string of the molecule is Cl.O=c1[nH]cnc2c([C@H]3N[C@@H](CO)[C@H](O)[C@@H]3O)c[nH]c12. The first-order valence-electron chi connectivity index (χ1n) is 5.91. The van der Waals surface area contributed by atoms with E-state index in [1.54, 1.807) is 6.20 Å². The number of nitrogens with one attached hydrogen (secondary N) is 3. The lowest BCUT2D eigenvalue weighted by Crippen LogP contribution is -2.35. The zero-order valence-corrected chi connectivity index (χ0v) is 11.1. The molecule has 1 fully saturated rings. The largest absolute Gasteiger partial charge is 0.395 e.